The highest BCUT2D eigenvalue weighted by molar-refractivity contribution is 5.95. The van der Waals surface area contributed by atoms with Gasteiger partial charge in [-0.1, -0.05) is 146 Å². The second-order valence-electron chi connectivity index (χ2n) is 15.6. The zero-order valence-corrected chi connectivity index (χ0v) is 35.3. The quantitative estimate of drug-likeness (QED) is 0.121. The molecule has 0 radical (unpaired) electrons. The largest absolute Gasteiger partial charge is 0.356 e. The third-order valence-electron chi connectivity index (χ3n) is 11.4. The summed E-state index contributed by atoms with van der Waals surface area (Å²) in [5.74, 6) is 0. The molecule has 10 aromatic carbocycles. The average Bonchev–Trinajstić information content (AvgIpc) is 3.37. The van der Waals surface area contributed by atoms with Crippen LogP contribution < -0.4 is 20.4 Å². The van der Waals surface area contributed by atoms with E-state index in [4.69, 9.17) is 0 Å². The van der Waals surface area contributed by atoms with Crippen molar-refractivity contribution < 1.29 is 0 Å². The van der Waals surface area contributed by atoms with Crippen molar-refractivity contribution in [3.8, 4) is 33.4 Å². The highest BCUT2D eigenvalue weighted by Crippen LogP contribution is 2.42. The Labute approximate surface area is 376 Å². The topological polar surface area (TPSA) is 30.5 Å². The van der Waals surface area contributed by atoms with Gasteiger partial charge in [-0.2, -0.15) is 0 Å². The molecule has 4 heteroatoms. The Hall–Kier alpha value is -8.60. The van der Waals surface area contributed by atoms with Gasteiger partial charge in [0.25, 0.3) is 0 Å². The summed E-state index contributed by atoms with van der Waals surface area (Å²) >= 11 is 0. The molecule has 10 rings (SSSR count). The lowest BCUT2D eigenvalue weighted by atomic mass is 9.88. The number of hydrogen-bond donors (Lipinski definition) is 2. The first-order chi connectivity index (χ1) is 31.7. The minimum Gasteiger partial charge on any atom is -0.356 e. The van der Waals surface area contributed by atoms with Crippen LogP contribution in [-0.2, 0) is 0 Å². The summed E-state index contributed by atoms with van der Waals surface area (Å²) in [6.45, 7) is 0. The normalized spacial score (nSPS) is 10.8. The molecular formula is C60H46N4. The van der Waals surface area contributed by atoms with Crippen LogP contribution in [0.5, 0.6) is 0 Å². The van der Waals surface area contributed by atoms with Crippen molar-refractivity contribution in [2.45, 2.75) is 0 Å². The van der Waals surface area contributed by atoms with Crippen molar-refractivity contribution in [1.29, 1.82) is 0 Å². The van der Waals surface area contributed by atoms with Crippen LogP contribution in [0.15, 0.2) is 267 Å². The van der Waals surface area contributed by atoms with Crippen LogP contribution >= 0.6 is 0 Å². The highest BCUT2D eigenvalue weighted by Gasteiger charge is 2.17. The van der Waals surface area contributed by atoms with Crippen LogP contribution in [0.2, 0.25) is 0 Å². The number of para-hydroxylation sites is 4. The van der Waals surface area contributed by atoms with Gasteiger partial charge in [-0.3, -0.25) is 0 Å². The van der Waals surface area contributed by atoms with E-state index in [1.807, 2.05) is 0 Å². The first kappa shape index (κ1) is 39.5. The van der Waals surface area contributed by atoms with E-state index in [0.717, 1.165) is 90.3 Å². The van der Waals surface area contributed by atoms with Gasteiger partial charge in [-0.15, -0.1) is 0 Å². The smallest absolute Gasteiger partial charge is 0.0463 e. The van der Waals surface area contributed by atoms with Crippen molar-refractivity contribution in [3.05, 3.63) is 267 Å². The Morgan fingerprint density at radius 1 is 0.203 bits per heavy atom. The summed E-state index contributed by atoms with van der Waals surface area (Å²) in [5.41, 5.74) is 17.6. The van der Waals surface area contributed by atoms with E-state index in [1.165, 1.54) is 0 Å². The predicted molar refractivity (Wildman–Crippen MR) is 272 cm³/mol. The summed E-state index contributed by atoms with van der Waals surface area (Å²) in [4.78, 5) is 4.55. The van der Waals surface area contributed by atoms with Crippen molar-refractivity contribution in [2.24, 2.45) is 0 Å². The van der Waals surface area contributed by atoms with Gasteiger partial charge in [0.15, 0.2) is 0 Å². The van der Waals surface area contributed by atoms with Gasteiger partial charge in [-0.25, -0.2) is 0 Å². The van der Waals surface area contributed by atoms with E-state index < -0.39 is 0 Å². The van der Waals surface area contributed by atoms with Crippen molar-refractivity contribution in [3.63, 3.8) is 0 Å². The number of nitrogens with zero attached hydrogens (tertiary/aromatic N) is 2. The average molecular weight is 823 g/mol. The van der Waals surface area contributed by atoms with Crippen LogP contribution in [0, 0.1) is 0 Å². The summed E-state index contributed by atoms with van der Waals surface area (Å²) in [7, 11) is 0. The fraction of sp³-hybridized carbons (Fsp3) is 0. The molecule has 0 saturated carbocycles. The fourth-order valence-electron chi connectivity index (χ4n) is 8.35. The van der Waals surface area contributed by atoms with Crippen molar-refractivity contribution in [2.75, 3.05) is 20.4 Å². The molecule has 2 N–H and O–H groups in total. The number of rotatable bonds is 13. The van der Waals surface area contributed by atoms with E-state index in [9.17, 15) is 0 Å². The molecule has 0 amide bonds. The number of benzene rings is 10. The predicted octanol–water partition coefficient (Wildman–Crippen LogP) is 17.1. The molecule has 0 aliphatic heterocycles. The lowest BCUT2D eigenvalue weighted by Crippen LogP contribution is -2.09. The maximum absolute atomic E-state index is 3.72. The van der Waals surface area contributed by atoms with Gasteiger partial charge in [0, 0.05) is 56.9 Å². The molecule has 0 unspecified atom stereocenters. The Morgan fingerprint density at radius 2 is 0.453 bits per heavy atom. The Bertz CT molecular complexity index is 2760. The molecule has 0 aliphatic carbocycles. The molecule has 64 heavy (non-hydrogen) atoms. The van der Waals surface area contributed by atoms with Gasteiger partial charge >= 0.3 is 0 Å². The second kappa shape index (κ2) is 18.6. The monoisotopic (exact) mass is 822 g/mol. The zero-order chi connectivity index (χ0) is 42.9. The van der Waals surface area contributed by atoms with Crippen molar-refractivity contribution in [1.82, 2.24) is 0 Å². The van der Waals surface area contributed by atoms with E-state index >= 15 is 0 Å². The third kappa shape index (κ3) is 8.76. The molecule has 4 nitrogen and oxygen atoms in total. The third-order valence-corrected chi connectivity index (χ3v) is 11.4. The molecule has 10 aromatic rings. The molecule has 0 bridgehead atoms. The summed E-state index contributed by atoms with van der Waals surface area (Å²) in [5, 5.41) is 7.44. The van der Waals surface area contributed by atoms with E-state index in [1.54, 1.807) is 0 Å². The summed E-state index contributed by atoms with van der Waals surface area (Å²) < 4.78 is 0. The lowest BCUT2D eigenvalue weighted by molar-refractivity contribution is 1.28. The first-order valence-electron chi connectivity index (χ1n) is 21.7. The molecule has 0 heterocycles. The van der Waals surface area contributed by atoms with E-state index in [2.05, 4.69) is 287 Å². The molecular weight excluding hydrogens is 777 g/mol. The number of hydrogen-bond acceptors (Lipinski definition) is 4. The summed E-state index contributed by atoms with van der Waals surface area (Å²) in [6, 6.07) is 94.1. The van der Waals surface area contributed by atoms with Crippen LogP contribution in [0.4, 0.5) is 56.9 Å². The van der Waals surface area contributed by atoms with Gasteiger partial charge in [0.2, 0.25) is 0 Å². The molecule has 0 aromatic heterocycles. The van der Waals surface area contributed by atoms with Crippen LogP contribution in [0.25, 0.3) is 33.4 Å². The van der Waals surface area contributed by atoms with Crippen LogP contribution in [-0.4, -0.2) is 0 Å². The van der Waals surface area contributed by atoms with E-state index in [-0.39, 0.29) is 0 Å². The van der Waals surface area contributed by atoms with Gasteiger partial charge in [0.05, 0.1) is 0 Å². The van der Waals surface area contributed by atoms with Gasteiger partial charge in [0.1, 0.15) is 0 Å². The number of nitrogens with one attached hydrogen (secondary N) is 2. The molecule has 0 saturated heterocycles. The summed E-state index contributed by atoms with van der Waals surface area (Å²) in [6.07, 6.45) is 0. The minimum absolute atomic E-state index is 1.01. The first-order valence-corrected chi connectivity index (χ1v) is 21.7. The number of anilines is 10. The fourth-order valence-corrected chi connectivity index (χ4v) is 8.35. The Kier molecular flexibility index (Phi) is 11.5. The zero-order valence-electron chi connectivity index (χ0n) is 35.3. The van der Waals surface area contributed by atoms with E-state index in [0.29, 0.717) is 0 Å². The lowest BCUT2D eigenvalue weighted by Gasteiger charge is -2.25. The van der Waals surface area contributed by atoms with Gasteiger partial charge in [-0.05, 0) is 155 Å². The maximum Gasteiger partial charge on any atom is 0.0463 e. The second-order valence-corrected chi connectivity index (χ2v) is 15.6. The molecule has 0 fully saturated rings. The Balaban J connectivity index is 0.962. The maximum atomic E-state index is 3.72. The molecule has 306 valence electrons. The standard InChI is InChI=1S/C60H46N4/c1-7-19-45(20-8-1)59-43-49(61-47-31-37-55(38-32-47)63(51-23-11-3-12-24-51)52-25-13-4-14-26-52)35-41-57(59)58-42-36-50(44-60(58)46-21-9-2-10-22-46)62-48-33-39-56(40-34-48)64(53-27-15-5-16-28-53)54-29-17-6-18-30-54/h1-44,61-62H. The highest BCUT2D eigenvalue weighted by atomic mass is 15.1. The van der Waals surface area contributed by atoms with Gasteiger partial charge < -0.3 is 20.4 Å². The minimum atomic E-state index is 1.01. The molecule has 0 atom stereocenters. The van der Waals surface area contributed by atoms with Crippen LogP contribution in [0.1, 0.15) is 0 Å². The molecule has 0 spiro atoms. The molecule has 0 aliphatic rings. The van der Waals surface area contributed by atoms with Crippen molar-refractivity contribution >= 4 is 56.9 Å². The Morgan fingerprint density at radius 3 is 0.750 bits per heavy atom. The SMILES string of the molecule is c1ccc(-c2cc(Nc3ccc(N(c4ccccc4)c4ccccc4)cc3)ccc2-c2ccc(Nc3ccc(N(c4ccccc4)c4ccccc4)cc3)cc2-c2ccccc2)cc1. The van der Waals surface area contributed by atoms with Crippen LogP contribution in [0.3, 0.4) is 0 Å².